The van der Waals surface area contributed by atoms with Crippen molar-refractivity contribution in [2.24, 2.45) is 0 Å². The van der Waals surface area contributed by atoms with Crippen LogP contribution in [0.2, 0.25) is 0 Å². The van der Waals surface area contributed by atoms with Crippen LogP contribution in [0.4, 0.5) is 11.4 Å². The molecule has 3 rings (SSSR count). The Labute approximate surface area is 136 Å². The van der Waals surface area contributed by atoms with Gasteiger partial charge in [-0.3, -0.25) is 19.5 Å². The molecule has 0 saturated heterocycles. The number of carbonyl (C=O) groups is 1. The number of hydrogen-bond donors (Lipinski definition) is 1. The average Bonchev–Trinajstić information content (AvgIpc) is 3.10. The van der Waals surface area contributed by atoms with Crippen LogP contribution in [0.1, 0.15) is 15.9 Å². The number of amides is 1. The quantitative estimate of drug-likeness (QED) is 0.587. The maximum Gasteiger partial charge on any atom is 0.273 e. The van der Waals surface area contributed by atoms with Crippen molar-refractivity contribution in [1.29, 1.82) is 0 Å². The van der Waals surface area contributed by atoms with Gasteiger partial charge in [0.2, 0.25) is 0 Å². The number of rotatable bonds is 4. The number of pyridine rings is 1. The number of anilines is 1. The predicted octanol–water partition coefficient (Wildman–Crippen LogP) is 2.74. The van der Waals surface area contributed by atoms with Gasteiger partial charge >= 0.3 is 0 Å². The predicted molar refractivity (Wildman–Crippen MR) is 87.1 cm³/mol. The van der Waals surface area contributed by atoms with E-state index in [1.54, 1.807) is 54.5 Å². The van der Waals surface area contributed by atoms with E-state index in [0.717, 1.165) is 0 Å². The van der Waals surface area contributed by atoms with Crippen LogP contribution < -0.4 is 5.32 Å². The summed E-state index contributed by atoms with van der Waals surface area (Å²) in [5.41, 5.74) is 1.12. The molecule has 0 bridgehead atoms. The number of imidazole rings is 1. The van der Waals surface area contributed by atoms with Gasteiger partial charge in [0.15, 0.2) is 0 Å². The lowest BCUT2D eigenvalue weighted by molar-refractivity contribution is -0.385. The zero-order valence-corrected chi connectivity index (χ0v) is 12.7. The molecule has 1 amide bonds. The van der Waals surface area contributed by atoms with Crippen molar-refractivity contribution in [2.75, 3.05) is 5.32 Å². The lowest BCUT2D eigenvalue weighted by Crippen LogP contribution is -2.12. The molecule has 0 radical (unpaired) electrons. The number of nitrogens with zero attached hydrogens (tertiary/aromatic N) is 4. The third-order valence-electron chi connectivity index (χ3n) is 3.44. The minimum atomic E-state index is -0.506. The maximum atomic E-state index is 12.2. The van der Waals surface area contributed by atoms with E-state index < -0.39 is 10.8 Å². The van der Waals surface area contributed by atoms with Crippen LogP contribution in [0, 0.1) is 17.0 Å². The van der Waals surface area contributed by atoms with Crippen LogP contribution in [-0.4, -0.2) is 25.4 Å². The van der Waals surface area contributed by atoms with Gasteiger partial charge in [0.25, 0.3) is 11.6 Å². The molecule has 0 fully saturated rings. The van der Waals surface area contributed by atoms with Crippen molar-refractivity contribution < 1.29 is 9.72 Å². The molecule has 0 aliphatic rings. The normalized spacial score (nSPS) is 10.4. The molecule has 120 valence electrons. The molecule has 2 heterocycles. The third kappa shape index (κ3) is 3.12. The summed E-state index contributed by atoms with van der Waals surface area (Å²) < 4.78 is 1.73. The molecule has 24 heavy (non-hydrogen) atoms. The van der Waals surface area contributed by atoms with E-state index in [9.17, 15) is 14.9 Å². The highest BCUT2D eigenvalue weighted by Gasteiger charge is 2.15. The van der Waals surface area contributed by atoms with Gasteiger partial charge in [0.05, 0.1) is 16.8 Å². The Morgan fingerprint density at radius 2 is 2.12 bits per heavy atom. The molecule has 8 heteroatoms. The summed E-state index contributed by atoms with van der Waals surface area (Å²) >= 11 is 0. The Balaban J connectivity index is 1.77. The number of nitro benzene ring substituents is 1. The first kappa shape index (κ1) is 15.3. The first-order valence-electron chi connectivity index (χ1n) is 7.05. The number of aryl methyl sites for hydroxylation is 1. The van der Waals surface area contributed by atoms with Crippen LogP contribution in [-0.2, 0) is 0 Å². The van der Waals surface area contributed by atoms with Gasteiger partial charge in [0, 0.05) is 29.6 Å². The standard InChI is InChI=1S/C16H13N5O3/c1-11-2-3-12(8-14(11)21(23)24)16(22)19-13-4-5-15(18-9-13)20-7-6-17-10-20/h2-10H,1H3,(H,19,22). The highest BCUT2D eigenvalue weighted by Crippen LogP contribution is 2.20. The van der Waals surface area contributed by atoms with Crippen molar-refractivity contribution in [3.05, 3.63) is 76.5 Å². The van der Waals surface area contributed by atoms with Gasteiger partial charge in [-0.05, 0) is 25.1 Å². The highest BCUT2D eigenvalue weighted by atomic mass is 16.6. The van der Waals surface area contributed by atoms with Crippen molar-refractivity contribution in [1.82, 2.24) is 14.5 Å². The first-order chi connectivity index (χ1) is 11.5. The number of hydrogen-bond acceptors (Lipinski definition) is 5. The summed E-state index contributed by atoms with van der Waals surface area (Å²) in [7, 11) is 0. The molecule has 0 unspecified atom stereocenters. The molecule has 1 N–H and O–H groups in total. The molecule has 1 aromatic carbocycles. The van der Waals surface area contributed by atoms with Crippen LogP contribution >= 0.6 is 0 Å². The lowest BCUT2D eigenvalue weighted by atomic mass is 10.1. The molecule has 0 aliphatic heterocycles. The average molecular weight is 323 g/mol. The second-order valence-corrected chi connectivity index (χ2v) is 5.09. The van der Waals surface area contributed by atoms with Gasteiger partial charge < -0.3 is 5.32 Å². The van der Waals surface area contributed by atoms with Crippen LogP contribution in [0.25, 0.3) is 5.82 Å². The second-order valence-electron chi connectivity index (χ2n) is 5.09. The van der Waals surface area contributed by atoms with Crippen molar-refractivity contribution >= 4 is 17.3 Å². The maximum absolute atomic E-state index is 12.2. The summed E-state index contributed by atoms with van der Waals surface area (Å²) in [4.78, 5) is 30.9. The van der Waals surface area contributed by atoms with Crippen LogP contribution in [0.15, 0.2) is 55.2 Å². The minimum Gasteiger partial charge on any atom is -0.321 e. The number of carbonyl (C=O) groups excluding carboxylic acids is 1. The van der Waals surface area contributed by atoms with Gasteiger partial charge in [0.1, 0.15) is 12.1 Å². The zero-order chi connectivity index (χ0) is 17.1. The Morgan fingerprint density at radius 3 is 2.75 bits per heavy atom. The van der Waals surface area contributed by atoms with Gasteiger partial charge in [-0.1, -0.05) is 6.07 Å². The van der Waals surface area contributed by atoms with Crippen molar-refractivity contribution in [3.63, 3.8) is 0 Å². The Morgan fingerprint density at radius 1 is 1.29 bits per heavy atom. The largest absolute Gasteiger partial charge is 0.321 e. The van der Waals surface area contributed by atoms with Gasteiger partial charge in [-0.2, -0.15) is 0 Å². The molecule has 2 aromatic heterocycles. The Hall–Kier alpha value is -3.55. The van der Waals surface area contributed by atoms with E-state index >= 15 is 0 Å². The van der Waals surface area contributed by atoms with E-state index in [4.69, 9.17) is 0 Å². The summed E-state index contributed by atoms with van der Waals surface area (Å²) in [6.45, 7) is 1.62. The lowest BCUT2D eigenvalue weighted by Gasteiger charge is -2.07. The molecule has 0 aliphatic carbocycles. The fourth-order valence-electron chi connectivity index (χ4n) is 2.16. The second kappa shape index (κ2) is 6.29. The zero-order valence-electron chi connectivity index (χ0n) is 12.7. The molecule has 0 atom stereocenters. The smallest absolute Gasteiger partial charge is 0.273 e. The molecule has 0 saturated carbocycles. The fourth-order valence-corrected chi connectivity index (χ4v) is 2.16. The molecule has 0 spiro atoms. The Bertz CT molecular complexity index is 889. The molecular weight excluding hydrogens is 310 g/mol. The molecular formula is C16H13N5O3. The molecule has 3 aromatic rings. The minimum absolute atomic E-state index is 0.0868. The number of aromatic nitrogens is 3. The van der Waals surface area contributed by atoms with Crippen LogP contribution in [0.3, 0.4) is 0 Å². The monoisotopic (exact) mass is 323 g/mol. The fraction of sp³-hybridized carbons (Fsp3) is 0.0625. The highest BCUT2D eigenvalue weighted by molar-refractivity contribution is 6.04. The van der Waals surface area contributed by atoms with Crippen molar-refractivity contribution in [2.45, 2.75) is 6.92 Å². The van der Waals surface area contributed by atoms with Crippen molar-refractivity contribution in [3.8, 4) is 5.82 Å². The van der Waals surface area contributed by atoms with E-state index in [1.165, 1.54) is 12.3 Å². The Kier molecular flexibility index (Phi) is 4.02. The third-order valence-corrected chi connectivity index (χ3v) is 3.44. The molecule has 8 nitrogen and oxygen atoms in total. The summed E-state index contributed by atoms with van der Waals surface area (Å²) in [6.07, 6.45) is 6.52. The summed E-state index contributed by atoms with van der Waals surface area (Å²) in [5, 5.41) is 13.6. The summed E-state index contributed by atoms with van der Waals surface area (Å²) in [5.74, 6) is 0.228. The number of nitro groups is 1. The van der Waals surface area contributed by atoms with E-state index in [0.29, 0.717) is 17.1 Å². The topological polar surface area (TPSA) is 103 Å². The SMILES string of the molecule is Cc1ccc(C(=O)Nc2ccc(-n3ccnc3)nc2)cc1[N+](=O)[O-]. The van der Waals surface area contributed by atoms with Gasteiger partial charge in [-0.15, -0.1) is 0 Å². The number of benzene rings is 1. The van der Waals surface area contributed by atoms with Crippen LogP contribution in [0.5, 0.6) is 0 Å². The van der Waals surface area contributed by atoms with E-state index in [2.05, 4.69) is 15.3 Å². The summed E-state index contributed by atoms with van der Waals surface area (Å²) in [6, 6.07) is 7.79. The van der Waals surface area contributed by atoms with E-state index in [-0.39, 0.29) is 11.3 Å². The van der Waals surface area contributed by atoms with E-state index in [1.807, 2.05) is 0 Å². The first-order valence-corrected chi connectivity index (χ1v) is 7.05. The number of nitrogens with one attached hydrogen (secondary N) is 1. The van der Waals surface area contributed by atoms with Gasteiger partial charge in [-0.25, -0.2) is 9.97 Å².